The van der Waals surface area contributed by atoms with Crippen LogP contribution in [0.15, 0.2) is 23.3 Å². The second-order valence-electron chi connectivity index (χ2n) is 2.51. The summed E-state index contributed by atoms with van der Waals surface area (Å²) in [5, 5.41) is 16.8. The fourth-order valence-electron chi connectivity index (χ4n) is 1.02. The van der Waals surface area contributed by atoms with Crippen LogP contribution in [0.3, 0.4) is 0 Å². The Morgan fingerprint density at radius 2 is 1.46 bits per heavy atom. The molecule has 2 N–H and O–H groups in total. The molecule has 5 nitrogen and oxygen atoms in total. The van der Waals surface area contributed by atoms with Gasteiger partial charge in [0.25, 0.3) is 0 Å². The minimum absolute atomic E-state index is 0.158. The summed E-state index contributed by atoms with van der Waals surface area (Å²) >= 11 is 0. The Bertz CT molecular complexity index is 270. The minimum atomic E-state index is -1.10. The van der Waals surface area contributed by atoms with Gasteiger partial charge in [0.2, 0.25) is 0 Å². The maximum Gasteiger partial charge on any atom is 0.328 e. The Morgan fingerprint density at radius 3 is 1.77 bits per heavy atom. The quantitative estimate of drug-likeness (QED) is 0.592. The van der Waals surface area contributed by atoms with E-state index in [1.807, 2.05) is 0 Å². The molecule has 1 aliphatic rings. The van der Waals surface area contributed by atoms with E-state index < -0.39 is 11.9 Å². The van der Waals surface area contributed by atoms with Crippen LogP contribution in [0.2, 0.25) is 0 Å². The standard InChI is InChI=1S/C8H8O5/c9-7(10)1-5-3-13-4-6(5)2-8(11)12/h1-2H,3-4H2,(H,9,10)(H,11,12)/b5-1-,6-2+. The molecule has 1 fully saturated rings. The molecule has 1 saturated heterocycles. The molecule has 70 valence electrons. The normalized spacial score (nSPS) is 22.5. The molecule has 0 spiro atoms. The summed E-state index contributed by atoms with van der Waals surface area (Å²) in [6.45, 7) is 0.316. The van der Waals surface area contributed by atoms with Gasteiger partial charge >= 0.3 is 11.9 Å². The third-order valence-electron chi connectivity index (χ3n) is 1.52. The van der Waals surface area contributed by atoms with E-state index in [0.717, 1.165) is 12.2 Å². The second-order valence-corrected chi connectivity index (χ2v) is 2.51. The summed E-state index contributed by atoms with van der Waals surface area (Å²) in [4.78, 5) is 20.6. The zero-order chi connectivity index (χ0) is 9.84. The van der Waals surface area contributed by atoms with Crippen molar-refractivity contribution in [3.63, 3.8) is 0 Å². The molecular weight excluding hydrogens is 176 g/mol. The Hall–Kier alpha value is -1.62. The van der Waals surface area contributed by atoms with Crippen molar-refractivity contribution in [3.05, 3.63) is 23.3 Å². The van der Waals surface area contributed by atoms with Crippen molar-refractivity contribution in [2.75, 3.05) is 13.2 Å². The van der Waals surface area contributed by atoms with Crippen LogP contribution in [-0.4, -0.2) is 35.4 Å². The monoisotopic (exact) mass is 184 g/mol. The topological polar surface area (TPSA) is 83.8 Å². The summed E-state index contributed by atoms with van der Waals surface area (Å²) in [5.74, 6) is -2.20. The third kappa shape index (κ3) is 2.72. The molecule has 0 atom stereocenters. The zero-order valence-electron chi connectivity index (χ0n) is 6.69. The van der Waals surface area contributed by atoms with Gasteiger partial charge in [-0.05, 0) is 11.1 Å². The number of hydrogen-bond acceptors (Lipinski definition) is 3. The first-order valence-corrected chi connectivity index (χ1v) is 3.54. The van der Waals surface area contributed by atoms with E-state index in [1.165, 1.54) is 0 Å². The average Bonchev–Trinajstić information content (AvgIpc) is 2.34. The molecule has 0 aliphatic carbocycles. The van der Waals surface area contributed by atoms with Crippen molar-refractivity contribution >= 4 is 11.9 Å². The number of aliphatic carboxylic acids is 2. The van der Waals surface area contributed by atoms with Gasteiger partial charge in [-0.2, -0.15) is 0 Å². The van der Waals surface area contributed by atoms with E-state index in [0.29, 0.717) is 11.1 Å². The van der Waals surface area contributed by atoms with Gasteiger partial charge in [-0.15, -0.1) is 0 Å². The molecule has 13 heavy (non-hydrogen) atoms. The molecule has 1 rings (SSSR count). The number of rotatable bonds is 2. The Labute approximate surface area is 73.9 Å². The second kappa shape index (κ2) is 3.86. The van der Waals surface area contributed by atoms with Crippen LogP contribution < -0.4 is 0 Å². The molecule has 0 amide bonds. The van der Waals surface area contributed by atoms with Gasteiger partial charge in [-0.25, -0.2) is 9.59 Å². The zero-order valence-corrected chi connectivity index (χ0v) is 6.69. The van der Waals surface area contributed by atoms with Gasteiger partial charge in [-0.1, -0.05) is 0 Å². The van der Waals surface area contributed by atoms with E-state index in [4.69, 9.17) is 14.9 Å². The number of ether oxygens (including phenoxy) is 1. The van der Waals surface area contributed by atoms with Crippen molar-refractivity contribution in [2.45, 2.75) is 0 Å². The predicted octanol–water partition coefficient (Wildman–Crippen LogP) is 0.0386. The highest BCUT2D eigenvalue weighted by Gasteiger charge is 2.16. The fraction of sp³-hybridized carbons (Fsp3) is 0.250. The van der Waals surface area contributed by atoms with Crippen LogP contribution in [-0.2, 0) is 14.3 Å². The molecule has 0 bridgehead atoms. The van der Waals surface area contributed by atoms with Crippen LogP contribution in [0, 0.1) is 0 Å². The van der Waals surface area contributed by atoms with Crippen molar-refractivity contribution in [1.29, 1.82) is 0 Å². The number of carboxylic acid groups (broad SMARTS) is 2. The van der Waals surface area contributed by atoms with E-state index >= 15 is 0 Å². The smallest absolute Gasteiger partial charge is 0.328 e. The molecule has 0 saturated carbocycles. The first-order chi connectivity index (χ1) is 6.09. The van der Waals surface area contributed by atoms with Gasteiger partial charge < -0.3 is 14.9 Å². The summed E-state index contributed by atoms with van der Waals surface area (Å²) in [6, 6.07) is 0. The maximum absolute atomic E-state index is 10.3. The van der Waals surface area contributed by atoms with Crippen molar-refractivity contribution in [1.82, 2.24) is 0 Å². The molecule has 0 aromatic rings. The van der Waals surface area contributed by atoms with Crippen molar-refractivity contribution in [3.8, 4) is 0 Å². The first kappa shape index (κ1) is 9.47. The van der Waals surface area contributed by atoms with Crippen molar-refractivity contribution < 1.29 is 24.5 Å². The predicted molar refractivity (Wildman–Crippen MR) is 42.3 cm³/mol. The van der Waals surface area contributed by atoms with E-state index in [2.05, 4.69) is 0 Å². The van der Waals surface area contributed by atoms with E-state index in [1.54, 1.807) is 0 Å². The summed E-state index contributed by atoms with van der Waals surface area (Å²) in [5.41, 5.74) is 0.824. The maximum atomic E-state index is 10.3. The highest BCUT2D eigenvalue weighted by molar-refractivity contribution is 5.85. The minimum Gasteiger partial charge on any atom is -0.478 e. The molecule has 0 aromatic heterocycles. The lowest BCUT2D eigenvalue weighted by Gasteiger charge is -1.93. The molecule has 0 aromatic carbocycles. The SMILES string of the molecule is O=C(O)/C=C1\COC\C1=C\C(=O)O. The lowest BCUT2D eigenvalue weighted by molar-refractivity contribution is -0.132. The van der Waals surface area contributed by atoms with Crippen LogP contribution in [0.4, 0.5) is 0 Å². The summed E-state index contributed by atoms with van der Waals surface area (Å²) in [6.07, 6.45) is 1.92. The molecular formula is C8H8O5. The van der Waals surface area contributed by atoms with Crippen LogP contribution in [0.1, 0.15) is 0 Å². The molecule has 1 heterocycles. The molecule has 0 unspecified atom stereocenters. The summed E-state index contributed by atoms with van der Waals surface area (Å²) < 4.78 is 4.91. The molecule has 0 radical (unpaired) electrons. The highest BCUT2D eigenvalue weighted by Crippen LogP contribution is 2.18. The average molecular weight is 184 g/mol. The van der Waals surface area contributed by atoms with Crippen LogP contribution >= 0.6 is 0 Å². The molecule has 1 aliphatic heterocycles. The highest BCUT2D eigenvalue weighted by atomic mass is 16.5. The lowest BCUT2D eigenvalue weighted by atomic mass is 10.1. The Kier molecular flexibility index (Phi) is 2.81. The van der Waals surface area contributed by atoms with Crippen LogP contribution in [0.5, 0.6) is 0 Å². The van der Waals surface area contributed by atoms with E-state index in [9.17, 15) is 9.59 Å². The number of hydrogen-bond donors (Lipinski definition) is 2. The van der Waals surface area contributed by atoms with Gasteiger partial charge in [0.1, 0.15) is 0 Å². The van der Waals surface area contributed by atoms with Crippen LogP contribution in [0.25, 0.3) is 0 Å². The lowest BCUT2D eigenvalue weighted by Crippen LogP contribution is -1.97. The van der Waals surface area contributed by atoms with Gasteiger partial charge in [-0.3, -0.25) is 0 Å². The summed E-state index contributed by atoms with van der Waals surface area (Å²) in [7, 11) is 0. The first-order valence-electron chi connectivity index (χ1n) is 3.54. The number of carbonyl (C=O) groups is 2. The van der Waals surface area contributed by atoms with Gasteiger partial charge in [0.15, 0.2) is 0 Å². The molecule has 5 heteroatoms. The fourth-order valence-corrected chi connectivity index (χ4v) is 1.02. The van der Waals surface area contributed by atoms with Gasteiger partial charge in [0, 0.05) is 12.2 Å². The van der Waals surface area contributed by atoms with Gasteiger partial charge in [0.05, 0.1) is 13.2 Å². The van der Waals surface area contributed by atoms with Crippen molar-refractivity contribution in [2.24, 2.45) is 0 Å². The Balaban J connectivity index is 2.87. The largest absolute Gasteiger partial charge is 0.478 e. The Morgan fingerprint density at radius 1 is 1.08 bits per heavy atom. The number of carboxylic acids is 2. The third-order valence-corrected chi connectivity index (χ3v) is 1.52. The van der Waals surface area contributed by atoms with E-state index in [-0.39, 0.29) is 13.2 Å².